The van der Waals surface area contributed by atoms with Gasteiger partial charge in [0.1, 0.15) is 5.69 Å². The lowest BCUT2D eigenvalue weighted by molar-refractivity contribution is 0.0943. The predicted molar refractivity (Wildman–Crippen MR) is 52.0 cm³/mol. The quantitative estimate of drug-likeness (QED) is 0.677. The average molecular weight is 190 g/mol. The summed E-state index contributed by atoms with van der Waals surface area (Å²) < 4.78 is 0. The fourth-order valence-corrected chi connectivity index (χ4v) is 1.17. The Hall–Kier alpha value is -1.91. The van der Waals surface area contributed by atoms with Crippen molar-refractivity contribution in [1.82, 2.24) is 15.7 Å². The first-order valence-corrected chi connectivity index (χ1v) is 4.34. The van der Waals surface area contributed by atoms with Gasteiger partial charge in [-0.15, -0.1) is 0 Å². The Kier molecular flexibility index (Phi) is 2.40. The molecule has 2 heterocycles. The van der Waals surface area contributed by atoms with Gasteiger partial charge in [0.2, 0.25) is 0 Å². The van der Waals surface area contributed by atoms with Crippen LogP contribution < -0.4 is 10.7 Å². The number of hydrogen-bond donors (Lipinski definition) is 2. The monoisotopic (exact) mass is 190 g/mol. The first-order chi connectivity index (χ1) is 6.86. The highest BCUT2D eigenvalue weighted by atomic mass is 16.1. The third kappa shape index (κ3) is 1.87. The van der Waals surface area contributed by atoms with Gasteiger partial charge in [-0.05, 0) is 12.1 Å². The third-order valence-corrected chi connectivity index (χ3v) is 1.87. The number of amides is 1. The molecule has 5 heteroatoms. The molecule has 5 nitrogen and oxygen atoms in total. The van der Waals surface area contributed by atoms with E-state index in [1.807, 2.05) is 0 Å². The van der Waals surface area contributed by atoms with E-state index in [-0.39, 0.29) is 11.9 Å². The van der Waals surface area contributed by atoms with Crippen LogP contribution in [0, 0.1) is 0 Å². The van der Waals surface area contributed by atoms with Crippen LogP contribution in [0.1, 0.15) is 10.5 Å². The Labute approximate surface area is 81.2 Å². The van der Waals surface area contributed by atoms with Gasteiger partial charge in [0.05, 0.1) is 12.6 Å². The van der Waals surface area contributed by atoms with Gasteiger partial charge in [-0.1, -0.05) is 6.07 Å². The zero-order valence-electron chi connectivity index (χ0n) is 7.47. The molecule has 2 N–H and O–H groups in total. The maximum Gasteiger partial charge on any atom is 0.270 e. The van der Waals surface area contributed by atoms with Crippen LogP contribution in [-0.4, -0.2) is 29.7 Å². The number of hydrazone groups is 1. The van der Waals surface area contributed by atoms with Crippen LogP contribution in [0.5, 0.6) is 0 Å². The average Bonchev–Trinajstić information content (AvgIpc) is 2.72. The van der Waals surface area contributed by atoms with Gasteiger partial charge in [-0.25, -0.2) is 0 Å². The predicted octanol–water partition coefficient (Wildman–Crippen LogP) is -0.231. The number of nitrogens with zero attached hydrogens (tertiary/aromatic N) is 2. The Morgan fingerprint density at radius 2 is 2.50 bits per heavy atom. The summed E-state index contributed by atoms with van der Waals surface area (Å²) in [6.07, 6.45) is 3.26. The molecule has 1 aliphatic rings. The summed E-state index contributed by atoms with van der Waals surface area (Å²) in [6, 6.07) is 5.19. The molecular weight excluding hydrogens is 180 g/mol. The molecule has 0 bridgehead atoms. The van der Waals surface area contributed by atoms with Crippen molar-refractivity contribution in [2.45, 2.75) is 6.04 Å². The minimum absolute atomic E-state index is 0.0375. The maximum absolute atomic E-state index is 11.5. The molecule has 0 aliphatic carbocycles. The summed E-state index contributed by atoms with van der Waals surface area (Å²) in [6.45, 7) is 0.637. The number of rotatable bonds is 2. The maximum atomic E-state index is 11.5. The first-order valence-electron chi connectivity index (χ1n) is 4.34. The van der Waals surface area contributed by atoms with Crippen LogP contribution in [0.2, 0.25) is 0 Å². The molecule has 1 aliphatic heterocycles. The molecular formula is C9H10N4O. The van der Waals surface area contributed by atoms with Crippen molar-refractivity contribution >= 4 is 12.1 Å². The first kappa shape index (κ1) is 8.68. The van der Waals surface area contributed by atoms with E-state index in [0.717, 1.165) is 0 Å². The SMILES string of the molecule is O=C(NC1C=NNC1)c1ccccn1. The van der Waals surface area contributed by atoms with Crippen molar-refractivity contribution in [3.05, 3.63) is 30.1 Å². The van der Waals surface area contributed by atoms with E-state index in [0.29, 0.717) is 12.2 Å². The lowest BCUT2D eigenvalue weighted by atomic mass is 10.3. The van der Waals surface area contributed by atoms with Crippen LogP contribution in [-0.2, 0) is 0 Å². The van der Waals surface area contributed by atoms with Gasteiger partial charge < -0.3 is 10.7 Å². The Morgan fingerprint density at radius 1 is 1.57 bits per heavy atom. The van der Waals surface area contributed by atoms with Crippen LogP contribution in [0.25, 0.3) is 0 Å². The molecule has 0 fully saturated rings. The van der Waals surface area contributed by atoms with Crippen molar-refractivity contribution < 1.29 is 4.79 Å². The largest absolute Gasteiger partial charge is 0.341 e. The molecule has 0 saturated heterocycles. The van der Waals surface area contributed by atoms with Crippen LogP contribution >= 0.6 is 0 Å². The second-order valence-corrected chi connectivity index (χ2v) is 2.94. The Bertz CT molecular complexity index is 349. The van der Waals surface area contributed by atoms with Gasteiger partial charge in [-0.2, -0.15) is 5.10 Å². The summed E-state index contributed by atoms with van der Waals surface area (Å²) >= 11 is 0. The number of carbonyl (C=O) groups is 1. The zero-order chi connectivity index (χ0) is 9.80. The minimum Gasteiger partial charge on any atom is -0.341 e. The molecule has 1 unspecified atom stereocenters. The molecule has 72 valence electrons. The van der Waals surface area contributed by atoms with E-state index < -0.39 is 0 Å². The Balaban J connectivity index is 1.99. The fraction of sp³-hybridized carbons (Fsp3) is 0.222. The summed E-state index contributed by atoms with van der Waals surface area (Å²) in [5.74, 6) is -0.175. The van der Waals surface area contributed by atoms with Gasteiger partial charge in [-0.3, -0.25) is 9.78 Å². The highest BCUT2D eigenvalue weighted by molar-refractivity contribution is 5.94. The summed E-state index contributed by atoms with van der Waals surface area (Å²) in [7, 11) is 0. The molecule has 1 aromatic rings. The third-order valence-electron chi connectivity index (χ3n) is 1.87. The molecule has 0 aromatic carbocycles. The molecule has 0 saturated carbocycles. The standard InChI is InChI=1S/C9H10N4O/c14-9(8-3-1-2-4-10-8)13-7-5-11-12-6-7/h1-5,7,12H,6H2,(H,13,14). The molecule has 1 aromatic heterocycles. The van der Waals surface area contributed by atoms with Gasteiger partial charge in [0, 0.05) is 12.4 Å². The highest BCUT2D eigenvalue weighted by Gasteiger charge is 2.14. The van der Waals surface area contributed by atoms with Crippen molar-refractivity contribution in [2.24, 2.45) is 5.10 Å². The smallest absolute Gasteiger partial charge is 0.270 e. The van der Waals surface area contributed by atoms with Crippen molar-refractivity contribution in [3.8, 4) is 0 Å². The van der Waals surface area contributed by atoms with E-state index in [1.54, 1.807) is 30.6 Å². The van der Waals surface area contributed by atoms with Crippen LogP contribution in [0.15, 0.2) is 29.5 Å². The number of aromatic nitrogens is 1. The van der Waals surface area contributed by atoms with Gasteiger partial charge in [0.25, 0.3) is 5.91 Å². The van der Waals surface area contributed by atoms with Gasteiger partial charge >= 0.3 is 0 Å². The normalized spacial score (nSPS) is 19.0. The number of nitrogens with one attached hydrogen (secondary N) is 2. The number of carbonyl (C=O) groups excluding carboxylic acids is 1. The molecule has 0 radical (unpaired) electrons. The van der Waals surface area contributed by atoms with Gasteiger partial charge in [0.15, 0.2) is 0 Å². The highest BCUT2D eigenvalue weighted by Crippen LogP contribution is 1.94. The summed E-state index contributed by atoms with van der Waals surface area (Å²) in [5, 5.41) is 6.58. The van der Waals surface area contributed by atoms with Crippen molar-refractivity contribution in [2.75, 3.05) is 6.54 Å². The second-order valence-electron chi connectivity index (χ2n) is 2.94. The van der Waals surface area contributed by atoms with E-state index >= 15 is 0 Å². The van der Waals surface area contributed by atoms with E-state index in [2.05, 4.69) is 20.8 Å². The second kappa shape index (κ2) is 3.87. The summed E-state index contributed by atoms with van der Waals surface area (Å²) in [4.78, 5) is 15.5. The van der Waals surface area contributed by atoms with E-state index in [1.165, 1.54) is 0 Å². The molecule has 1 amide bonds. The molecule has 1 atom stereocenters. The number of hydrogen-bond acceptors (Lipinski definition) is 4. The van der Waals surface area contributed by atoms with E-state index in [9.17, 15) is 4.79 Å². The lowest BCUT2D eigenvalue weighted by Gasteiger charge is -2.07. The molecule has 2 rings (SSSR count). The summed E-state index contributed by atoms with van der Waals surface area (Å²) in [5.41, 5.74) is 3.19. The van der Waals surface area contributed by atoms with Crippen LogP contribution in [0.3, 0.4) is 0 Å². The van der Waals surface area contributed by atoms with Crippen LogP contribution in [0.4, 0.5) is 0 Å². The lowest BCUT2D eigenvalue weighted by Crippen LogP contribution is -2.38. The zero-order valence-corrected chi connectivity index (χ0v) is 7.47. The fourth-order valence-electron chi connectivity index (χ4n) is 1.17. The van der Waals surface area contributed by atoms with Crippen molar-refractivity contribution in [1.29, 1.82) is 0 Å². The molecule has 14 heavy (non-hydrogen) atoms. The van der Waals surface area contributed by atoms with Crippen molar-refractivity contribution in [3.63, 3.8) is 0 Å². The topological polar surface area (TPSA) is 66.4 Å². The minimum atomic E-state index is -0.175. The van der Waals surface area contributed by atoms with E-state index in [4.69, 9.17) is 0 Å². The number of pyridine rings is 1. The Morgan fingerprint density at radius 3 is 3.14 bits per heavy atom. The molecule has 0 spiro atoms.